The fourth-order valence-electron chi connectivity index (χ4n) is 3.06. The first-order valence-electron chi connectivity index (χ1n) is 8.64. The molecule has 1 aliphatic rings. The van der Waals surface area contributed by atoms with Crippen LogP contribution in [0.5, 0.6) is 0 Å². The van der Waals surface area contributed by atoms with Crippen molar-refractivity contribution in [2.45, 2.75) is 4.21 Å². The van der Waals surface area contributed by atoms with E-state index in [0.29, 0.717) is 28.4 Å². The molecule has 4 heterocycles. The number of hydrogen-bond acceptors (Lipinski definition) is 7. The molecule has 0 spiro atoms. The van der Waals surface area contributed by atoms with Crippen LogP contribution in [0.3, 0.4) is 0 Å². The van der Waals surface area contributed by atoms with E-state index < -0.39 is 15.8 Å². The monoisotopic (exact) mass is 437 g/mol. The molecule has 152 valence electrons. The molecule has 12 heteroatoms. The normalized spacial score (nSPS) is 15.6. The lowest BCUT2D eigenvalue weighted by molar-refractivity contribution is -0.594. The molecule has 3 aromatic heterocycles. The van der Waals surface area contributed by atoms with E-state index in [-0.39, 0.29) is 28.7 Å². The van der Waals surface area contributed by atoms with E-state index in [1.165, 1.54) is 34.6 Å². The topological polar surface area (TPSA) is 113 Å². The molecular weight excluding hydrogens is 421 g/mol. The second-order valence-electron chi connectivity index (χ2n) is 6.35. The van der Waals surface area contributed by atoms with Crippen LogP contribution in [0, 0.1) is 11.0 Å². The molecule has 0 radical (unpaired) electrons. The number of nitrogens with zero attached hydrogens (tertiary/aromatic N) is 4. The Labute approximate surface area is 169 Å². The van der Waals surface area contributed by atoms with Crippen molar-refractivity contribution in [2.75, 3.05) is 31.1 Å². The average Bonchev–Trinajstić information content (AvgIpc) is 3.20. The molecule has 1 fully saturated rings. The van der Waals surface area contributed by atoms with Crippen LogP contribution < -0.4 is 15.2 Å². The Hall–Kier alpha value is -2.83. The fourth-order valence-corrected chi connectivity index (χ4v) is 5.91. The maximum absolute atomic E-state index is 13.1. The van der Waals surface area contributed by atoms with Crippen molar-refractivity contribution in [1.29, 1.82) is 0 Å². The molecule has 0 amide bonds. The summed E-state index contributed by atoms with van der Waals surface area (Å²) in [4.78, 5) is 13.5. The Balaban J connectivity index is 1.49. The van der Waals surface area contributed by atoms with Crippen molar-refractivity contribution in [1.82, 2.24) is 14.5 Å². The summed E-state index contributed by atoms with van der Waals surface area (Å²) in [5.74, 6) is -0.346. The molecule has 1 N–H and O–H groups in total. The van der Waals surface area contributed by atoms with Crippen LogP contribution in [0.15, 0.2) is 51.6 Å². The molecule has 1 saturated heterocycles. The maximum atomic E-state index is 13.1. The molecular formula is C17H16FN5O4S2. The predicted molar refractivity (Wildman–Crippen MR) is 105 cm³/mol. The predicted octanol–water partition coefficient (Wildman–Crippen LogP) is 0.782. The number of nitrogens with one attached hydrogen (secondary N) is 1. The van der Waals surface area contributed by atoms with Crippen LogP contribution in [0.2, 0.25) is 0 Å². The highest BCUT2D eigenvalue weighted by molar-refractivity contribution is 7.91. The first-order chi connectivity index (χ1) is 13.8. The van der Waals surface area contributed by atoms with E-state index in [9.17, 15) is 22.8 Å². The van der Waals surface area contributed by atoms with Crippen LogP contribution in [-0.2, 0) is 10.0 Å². The Morgan fingerprint density at radius 2 is 1.86 bits per heavy atom. The summed E-state index contributed by atoms with van der Waals surface area (Å²) in [6.07, 6.45) is 0.844. The van der Waals surface area contributed by atoms with Gasteiger partial charge in [-0.2, -0.15) is 9.40 Å². The van der Waals surface area contributed by atoms with Gasteiger partial charge in [-0.15, -0.1) is 11.3 Å². The molecule has 0 bridgehead atoms. The second-order valence-corrected chi connectivity index (χ2v) is 9.60. The van der Waals surface area contributed by atoms with E-state index in [1.54, 1.807) is 11.0 Å². The molecule has 4 rings (SSSR count). The standard InChI is InChI=1S/C17H16FN5O4S2/c18-12-1-5-16(23(25)11-12)21-7-9-22(10-8-21)29(26,27)17-6-3-14(28-17)13-2-4-15(24)20-19-13/h1-6,11H,7-10H2,(H,20,24). The number of rotatable bonds is 4. The quantitative estimate of drug-likeness (QED) is 0.477. The summed E-state index contributed by atoms with van der Waals surface area (Å²) in [5.41, 5.74) is 0.147. The zero-order chi connectivity index (χ0) is 20.6. The fraction of sp³-hybridized carbons (Fsp3) is 0.235. The average molecular weight is 437 g/mol. The van der Waals surface area contributed by atoms with Gasteiger partial charge < -0.3 is 5.21 Å². The van der Waals surface area contributed by atoms with Gasteiger partial charge in [0.25, 0.3) is 21.4 Å². The van der Waals surface area contributed by atoms with E-state index in [1.807, 2.05) is 0 Å². The smallest absolute Gasteiger partial charge is 0.279 e. The first kappa shape index (κ1) is 19.5. The number of sulfonamides is 1. The Bertz CT molecular complexity index is 1180. The van der Waals surface area contributed by atoms with Crippen molar-refractivity contribution >= 4 is 27.2 Å². The molecule has 0 saturated carbocycles. The van der Waals surface area contributed by atoms with Gasteiger partial charge in [0, 0.05) is 12.1 Å². The highest BCUT2D eigenvalue weighted by Gasteiger charge is 2.33. The number of thiophene rings is 1. The third kappa shape index (κ3) is 3.86. The van der Waals surface area contributed by atoms with Crippen LogP contribution in [0.25, 0.3) is 10.6 Å². The first-order valence-corrected chi connectivity index (χ1v) is 10.9. The van der Waals surface area contributed by atoms with E-state index in [0.717, 1.165) is 17.5 Å². The zero-order valence-electron chi connectivity index (χ0n) is 15.0. The number of aromatic nitrogens is 3. The lowest BCUT2D eigenvalue weighted by Crippen LogP contribution is -2.51. The van der Waals surface area contributed by atoms with Crippen LogP contribution in [0.4, 0.5) is 10.2 Å². The highest BCUT2D eigenvalue weighted by Crippen LogP contribution is 2.31. The Morgan fingerprint density at radius 1 is 1.10 bits per heavy atom. The molecule has 0 aromatic carbocycles. The Kier molecular flexibility index (Phi) is 5.06. The van der Waals surface area contributed by atoms with Gasteiger partial charge in [-0.3, -0.25) is 9.69 Å². The molecule has 0 aliphatic carbocycles. The van der Waals surface area contributed by atoms with Gasteiger partial charge in [0.1, 0.15) is 16.1 Å². The molecule has 1 aliphatic heterocycles. The van der Waals surface area contributed by atoms with Crippen molar-refractivity contribution in [3.8, 4) is 10.6 Å². The maximum Gasteiger partial charge on any atom is 0.279 e. The molecule has 3 aromatic rings. The molecule has 9 nitrogen and oxygen atoms in total. The number of aromatic amines is 1. The molecule has 29 heavy (non-hydrogen) atoms. The van der Waals surface area contributed by atoms with Gasteiger partial charge in [-0.05, 0) is 24.3 Å². The minimum atomic E-state index is -3.70. The molecule has 0 unspecified atom stereocenters. The number of pyridine rings is 1. The number of piperazine rings is 1. The van der Waals surface area contributed by atoms with Gasteiger partial charge in [-0.1, -0.05) is 0 Å². The minimum Gasteiger partial charge on any atom is -0.711 e. The number of halogens is 1. The summed E-state index contributed by atoms with van der Waals surface area (Å²) in [7, 11) is -3.70. The third-order valence-corrected chi connectivity index (χ3v) is 8.00. The van der Waals surface area contributed by atoms with Gasteiger partial charge in [0.2, 0.25) is 0 Å². The number of anilines is 1. The van der Waals surface area contributed by atoms with E-state index in [4.69, 9.17) is 0 Å². The van der Waals surface area contributed by atoms with Crippen molar-refractivity contribution in [3.05, 3.63) is 64.0 Å². The van der Waals surface area contributed by atoms with Crippen molar-refractivity contribution < 1.29 is 17.5 Å². The van der Waals surface area contributed by atoms with E-state index >= 15 is 0 Å². The highest BCUT2D eigenvalue weighted by atomic mass is 32.2. The summed E-state index contributed by atoms with van der Waals surface area (Å²) in [5, 5.41) is 18.1. The Morgan fingerprint density at radius 3 is 2.52 bits per heavy atom. The van der Waals surface area contributed by atoms with Gasteiger partial charge in [0.15, 0.2) is 5.82 Å². The second kappa shape index (κ2) is 7.54. The van der Waals surface area contributed by atoms with Gasteiger partial charge >= 0.3 is 0 Å². The molecule has 0 atom stereocenters. The minimum absolute atomic E-state index is 0.176. The van der Waals surface area contributed by atoms with Crippen LogP contribution >= 0.6 is 11.3 Å². The van der Waals surface area contributed by atoms with Gasteiger partial charge in [0.05, 0.1) is 31.1 Å². The number of hydrogen-bond donors (Lipinski definition) is 1. The number of H-pyrrole nitrogens is 1. The SMILES string of the molecule is O=c1ccc(-c2ccc(S(=O)(=O)N3CCN(c4ccc(F)c[n+]4[O-])CC3)s2)n[nH]1. The van der Waals surface area contributed by atoms with Crippen LogP contribution in [-0.4, -0.2) is 49.1 Å². The van der Waals surface area contributed by atoms with Crippen molar-refractivity contribution in [2.24, 2.45) is 0 Å². The summed E-state index contributed by atoms with van der Waals surface area (Å²) < 4.78 is 41.0. The summed E-state index contributed by atoms with van der Waals surface area (Å²) >= 11 is 1.07. The largest absolute Gasteiger partial charge is 0.711 e. The third-order valence-electron chi connectivity index (χ3n) is 4.53. The summed E-state index contributed by atoms with van der Waals surface area (Å²) in [6, 6.07) is 8.60. The van der Waals surface area contributed by atoms with Crippen molar-refractivity contribution in [3.63, 3.8) is 0 Å². The lowest BCUT2D eigenvalue weighted by Gasteiger charge is -2.31. The van der Waals surface area contributed by atoms with Crippen LogP contribution in [0.1, 0.15) is 0 Å². The van der Waals surface area contributed by atoms with Gasteiger partial charge in [-0.25, -0.2) is 22.6 Å². The van der Waals surface area contributed by atoms with E-state index in [2.05, 4.69) is 10.2 Å². The summed E-state index contributed by atoms with van der Waals surface area (Å²) in [6.45, 7) is 1.02. The zero-order valence-corrected chi connectivity index (χ0v) is 16.6. The lowest BCUT2D eigenvalue weighted by atomic mass is 10.3.